The van der Waals surface area contributed by atoms with E-state index >= 15 is 0 Å². The molecule has 5 heteroatoms. The SMILES string of the molecule is Clc1cc(C(Br)c2ccccc2Br)c(Cl)s1. The van der Waals surface area contributed by atoms with Gasteiger partial charge in [-0.05, 0) is 17.7 Å². The van der Waals surface area contributed by atoms with Gasteiger partial charge in [0.15, 0.2) is 0 Å². The highest BCUT2D eigenvalue weighted by molar-refractivity contribution is 9.11. The lowest BCUT2D eigenvalue weighted by atomic mass is 10.1. The van der Waals surface area contributed by atoms with Gasteiger partial charge in [0.05, 0.1) is 13.5 Å². The van der Waals surface area contributed by atoms with Crippen LogP contribution in [0.2, 0.25) is 8.67 Å². The van der Waals surface area contributed by atoms with Crippen LogP contribution in [0.1, 0.15) is 16.0 Å². The molecule has 1 atom stereocenters. The fraction of sp³-hybridized carbons (Fsp3) is 0.0909. The Labute approximate surface area is 125 Å². The molecule has 0 saturated carbocycles. The molecule has 1 heterocycles. The van der Waals surface area contributed by atoms with E-state index in [1.165, 1.54) is 11.3 Å². The Kier molecular flexibility index (Phi) is 4.36. The number of hydrogen-bond donors (Lipinski definition) is 0. The smallest absolute Gasteiger partial charge is 0.0990 e. The van der Waals surface area contributed by atoms with Crippen LogP contribution in [0.15, 0.2) is 34.8 Å². The molecule has 1 aromatic heterocycles. The zero-order valence-corrected chi connectivity index (χ0v) is 13.4. The van der Waals surface area contributed by atoms with E-state index < -0.39 is 0 Å². The van der Waals surface area contributed by atoms with Crippen LogP contribution in [0.25, 0.3) is 0 Å². The average molecular weight is 401 g/mol. The third-order valence-electron chi connectivity index (χ3n) is 2.13. The molecule has 16 heavy (non-hydrogen) atoms. The van der Waals surface area contributed by atoms with Gasteiger partial charge < -0.3 is 0 Å². The van der Waals surface area contributed by atoms with Crippen LogP contribution in [0.3, 0.4) is 0 Å². The minimum atomic E-state index is 0.0549. The first kappa shape index (κ1) is 12.9. The first-order valence-electron chi connectivity index (χ1n) is 4.43. The summed E-state index contributed by atoms with van der Waals surface area (Å²) in [4.78, 5) is 0.0549. The van der Waals surface area contributed by atoms with Crippen molar-refractivity contribution >= 4 is 66.4 Å². The van der Waals surface area contributed by atoms with Gasteiger partial charge >= 0.3 is 0 Å². The number of thiophene rings is 1. The summed E-state index contributed by atoms with van der Waals surface area (Å²) in [6.07, 6.45) is 0. The van der Waals surface area contributed by atoms with Crippen LogP contribution in [-0.4, -0.2) is 0 Å². The third-order valence-corrected chi connectivity index (χ3v) is 5.36. The first-order chi connectivity index (χ1) is 7.59. The lowest BCUT2D eigenvalue weighted by Crippen LogP contribution is -1.92. The molecular formula is C11H6Br2Cl2S. The highest BCUT2D eigenvalue weighted by atomic mass is 79.9. The molecule has 0 N–H and O–H groups in total. The summed E-state index contributed by atoms with van der Waals surface area (Å²) in [6, 6.07) is 9.93. The number of halogens is 4. The van der Waals surface area contributed by atoms with Crippen LogP contribution < -0.4 is 0 Å². The van der Waals surface area contributed by atoms with Crippen molar-refractivity contribution in [3.8, 4) is 0 Å². The summed E-state index contributed by atoms with van der Waals surface area (Å²) in [7, 11) is 0. The number of rotatable bonds is 2. The van der Waals surface area contributed by atoms with Crippen molar-refractivity contribution in [2.24, 2.45) is 0 Å². The van der Waals surface area contributed by atoms with Gasteiger partial charge in [0.25, 0.3) is 0 Å². The highest BCUT2D eigenvalue weighted by Gasteiger charge is 2.18. The third kappa shape index (κ3) is 2.65. The summed E-state index contributed by atoms with van der Waals surface area (Å²) in [5.74, 6) is 0. The Morgan fingerprint density at radius 3 is 2.38 bits per heavy atom. The van der Waals surface area contributed by atoms with E-state index in [0.29, 0.717) is 4.34 Å². The van der Waals surface area contributed by atoms with Crippen LogP contribution in [-0.2, 0) is 0 Å². The zero-order valence-electron chi connectivity index (χ0n) is 7.88. The van der Waals surface area contributed by atoms with Gasteiger partial charge in [0.2, 0.25) is 0 Å². The van der Waals surface area contributed by atoms with Gasteiger partial charge in [-0.3, -0.25) is 0 Å². The largest absolute Gasteiger partial charge is 0.111 e. The fourth-order valence-electron chi connectivity index (χ4n) is 1.37. The second-order valence-corrected chi connectivity index (χ2v) is 7.22. The summed E-state index contributed by atoms with van der Waals surface area (Å²) in [5, 5.41) is 0. The van der Waals surface area contributed by atoms with Crippen LogP contribution in [0.4, 0.5) is 0 Å². The highest BCUT2D eigenvalue weighted by Crippen LogP contribution is 2.43. The molecule has 0 amide bonds. The minimum Gasteiger partial charge on any atom is -0.111 e. The van der Waals surface area contributed by atoms with Crippen LogP contribution >= 0.6 is 66.4 Å². The topological polar surface area (TPSA) is 0 Å². The first-order valence-corrected chi connectivity index (χ1v) is 7.71. The maximum absolute atomic E-state index is 6.13. The van der Waals surface area contributed by atoms with E-state index in [9.17, 15) is 0 Å². The predicted molar refractivity (Wildman–Crippen MR) is 79.3 cm³/mol. The molecule has 0 radical (unpaired) electrons. The van der Waals surface area contributed by atoms with Gasteiger partial charge in [-0.2, -0.15) is 0 Å². The molecule has 0 nitrogen and oxygen atoms in total. The van der Waals surface area contributed by atoms with Gasteiger partial charge in [0.1, 0.15) is 0 Å². The monoisotopic (exact) mass is 398 g/mol. The molecule has 84 valence electrons. The van der Waals surface area contributed by atoms with Crippen LogP contribution in [0.5, 0.6) is 0 Å². The lowest BCUT2D eigenvalue weighted by Gasteiger charge is -2.11. The summed E-state index contributed by atoms with van der Waals surface area (Å²) < 4.78 is 2.48. The van der Waals surface area contributed by atoms with E-state index in [1.54, 1.807) is 0 Å². The lowest BCUT2D eigenvalue weighted by molar-refractivity contribution is 1.18. The molecule has 1 aromatic carbocycles. The van der Waals surface area contributed by atoms with Gasteiger partial charge in [-0.1, -0.05) is 73.3 Å². The van der Waals surface area contributed by atoms with E-state index in [-0.39, 0.29) is 4.83 Å². The molecule has 1 unspecified atom stereocenters. The maximum Gasteiger partial charge on any atom is 0.0990 e. The fourth-order valence-corrected chi connectivity index (χ4v) is 4.77. The van der Waals surface area contributed by atoms with Crippen molar-refractivity contribution in [2.75, 3.05) is 0 Å². The Morgan fingerprint density at radius 1 is 1.12 bits per heavy atom. The second-order valence-electron chi connectivity index (χ2n) is 3.16. The number of hydrogen-bond acceptors (Lipinski definition) is 1. The number of alkyl halides is 1. The van der Waals surface area contributed by atoms with Gasteiger partial charge in [-0.15, -0.1) is 11.3 Å². The summed E-state index contributed by atoms with van der Waals surface area (Å²) in [5.41, 5.74) is 2.14. The minimum absolute atomic E-state index is 0.0549. The summed E-state index contributed by atoms with van der Waals surface area (Å²) in [6.45, 7) is 0. The van der Waals surface area contributed by atoms with Crippen LogP contribution in [0, 0.1) is 0 Å². The van der Waals surface area contributed by atoms with Crippen molar-refractivity contribution < 1.29 is 0 Å². The second kappa shape index (κ2) is 5.40. The molecule has 0 saturated heterocycles. The molecule has 0 aliphatic heterocycles. The molecular weight excluding hydrogens is 395 g/mol. The van der Waals surface area contributed by atoms with E-state index in [4.69, 9.17) is 23.2 Å². The zero-order chi connectivity index (χ0) is 11.7. The van der Waals surface area contributed by atoms with Crippen molar-refractivity contribution in [3.63, 3.8) is 0 Å². The quantitative estimate of drug-likeness (QED) is 0.519. The normalized spacial score (nSPS) is 12.8. The molecule has 0 bridgehead atoms. The molecule has 2 aromatic rings. The van der Waals surface area contributed by atoms with Crippen molar-refractivity contribution in [1.29, 1.82) is 0 Å². The summed E-state index contributed by atoms with van der Waals surface area (Å²) >= 11 is 20.6. The predicted octanol–water partition coefficient (Wildman–Crippen LogP) is 6.30. The molecule has 0 spiro atoms. The van der Waals surface area contributed by atoms with Crippen molar-refractivity contribution in [2.45, 2.75) is 4.83 Å². The maximum atomic E-state index is 6.13. The standard InChI is InChI=1S/C11H6Br2Cl2S/c12-8-4-2-1-3-6(8)10(13)7-5-9(14)16-11(7)15/h1-5,10H. The van der Waals surface area contributed by atoms with Gasteiger partial charge in [0, 0.05) is 10.0 Å². The van der Waals surface area contributed by atoms with Crippen molar-refractivity contribution in [1.82, 2.24) is 0 Å². The van der Waals surface area contributed by atoms with E-state index in [1.807, 2.05) is 30.3 Å². The molecule has 0 aliphatic rings. The molecule has 0 aliphatic carbocycles. The molecule has 0 fully saturated rings. The number of benzene rings is 1. The molecule has 2 rings (SSSR count). The van der Waals surface area contributed by atoms with Crippen molar-refractivity contribution in [3.05, 3.63) is 54.6 Å². The Hall–Kier alpha value is 0.460. The van der Waals surface area contributed by atoms with E-state index in [2.05, 4.69) is 31.9 Å². The Bertz CT molecular complexity index is 510. The Morgan fingerprint density at radius 2 is 1.81 bits per heavy atom. The Balaban J connectivity index is 2.43. The van der Waals surface area contributed by atoms with E-state index in [0.717, 1.165) is 19.9 Å². The average Bonchev–Trinajstić information content (AvgIpc) is 2.58. The van der Waals surface area contributed by atoms with Gasteiger partial charge in [-0.25, -0.2) is 0 Å².